The Balaban J connectivity index is 1.52. The van der Waals surface area contributed by atoms with E-state index >= 15 is 0 Å². The van der Waals surface area contributed by atoms with E-state index in [9.17, 15) is 14.4 Å². The molecule has 0 radical (unpaired) electrons. The SMILES string of the molecule is CC1NCCCC1NC(=O)c1ccc2c(c1)C(=O)N(Cc1ccccc1)C2=O. The van der Waals surface area contributed by atoms with Gasteiger partial charge in [-0.2, -0.15) is 0 Å². The Labute approximate surface area is 163 Å². The maximum Gasteiger partial charge on any atom is 0.261 e. The summed E-state index contributed by atoms with van der Waals surface area (Å²) in [6, 6.07) is 14.4. The second-order valence-corrected chi connectivity index (χ2v) is 7.41. The number of nitrogens with one attached hydrogen (secondary N) is 2. The molecule has 28 heavy (non-hydrogen) atoms. The highest BCUT2D eigenvalue weighted by Gasteiger charge is 2.36. The zero-order valence-corrected chi connectivity index (χ0v) is 15.8. The first-order valence-corrected chi connectivity index (χ1v) is 9.63. The minimum atomic E-state index is -0.355. The maximum atomic E-state index is 12.8. The lowest BCUT2D eigenvalue weighted by atomic mass is 9.99. The van der Waals surface area contributed by atoms with E-state index in [0.717, 1.165) is 24.9 Å². The third-order valence-corrected chi connectivity index (χ3v) is 5.49. The highest BCUT2D eigenvalue weighted by molar-refractivity contribution is 6.22. The first-order valence-electron chi connectivity index (χ1n) is 9.63. The first kappa shape index (κ1) is 18.4. The average molecular weight is 377 g/mol. The normalized spacial score (nSPS) is 21.5. The van der Waals surface area contributed by atoms with E-state index in [1.807, 2.05) is 30.3 Å². The molecule has 1 fully saturated rings. The van der Waals surface area contributed by atoms with Crippen molar-refractivity contribution in [1.82, 2.24) is 15.5 Å². The van der Waals surface area contributed by atoms with Crippen LogP contribution in [0.15, 0.2) is 48.5 Å². The van der Waals surface area contributed by atoms with Crippen molar-refractivity contribution in [2.24, 2.45) is 0 Å². The molecule has 2 N–H and O–H groups in total. The van der Waals surface area contributed by atoms with Crippen molar-refractivity contribution < 1.29 is 14.4 Å². The average Bonchev–Trinajstić information content (AvgIpc) is 2.95. The predicted molar refractivity (Wildman–Crippen MR) is 105 cm³/mol. The molecule has 3 amide bonds. The monoisotopic (exact) mass is 377 g/mol. The zero-order chi connectivity index (χ0) is 19.7. The van der Waals surface area contributed by atoms with E-state index in [-0.39, 0.29) is 36.3 Å². The van der Waals surface area contributed by atoms with Gasteiger partial charge in [0.25, 0.3) is 17.7 Å². The van der Waals surface area contributed by atoms with Crippen LogP contribution in [0.25, 0.3) is 0 Å². The third-order valence-electron chi connectivity index (χ3n) is 5.49. The number of carbonyl (C=O) groups is 3. The summed E-state index contributed by atoms with van der Waals surface area (Å²) in [7, 11) is 0. The molecule has 6 heteroatoms. The largest absolute Gasteiger partial charge is 0.348 e. The summed E-state index contributed by atoms with van der Waals surface area (Å²) in [5.74, 6) is -0.891. The number of hydrogen-bond donors (Lipinski definition) is 2. The van der Waals surface area contributed by atoms with Crippen molar-refractivity contribution in [2.45, 2.75) is 38.4 Å². The van der Waals surface area contributed by atoms with Crippen molar-refractivity contribution in [1.29, 1.82) is 0 Å². The van der Waals surface area contributed by atoms with Gasteiger partial charge in [0.05, 0.1) is 17.7 Å². The molecule has 2 aromatic carbocycles. The lowest BCUT2D eigenvalue weighted by molar-refractivity contribution is 0.0642. The van der Waals surface area contributed by atoms with Gasteiger partial charge in [-0.1, -0.05) is 30.3 Å². The van der Waals surface area contributed by atoms with Gasteiger partial charge < -0.3 is 10.6 Å². The van der Waals surface area contributed by atoms with E-state index in [1.54, 1.807) is 12.1 Å². The number of fused-ring (bicyclic) bond motifs is 1. The van der Waals surface area contributed by atoms with E-state index in [2.05, 4.69) is 17.6 Å². The molecule has 0 aliphatic carbocycles. The van der Waals surface area contributed by atoms with Gasteiger partial charge >= 0.3 is 0 Å². The van der Waals surface area contributed by atoms with Crippen LogP contribution in [-0.4, -0.2) is 41.2 Å². The smallest absolute Gasteiger partial charge is 0.261 e. The van der Waals surface area contributed by atoms with Gasteiger partial charge in [0.1, 0.15) is 0 Å². The van der Waals surface area contributed by atoms with E-state index < -0.39 is 0 Å². The number of hydrogen-bond acceptors (Lipinski definition) is 4. The van der Waals surface area contributed by atoms with Crippen LogP contribution in [0, 0.1) is 0 Å². The molecule has 2 aromatic rings. The van der Waals surface area contributed by atoms with E-state index in [1.165, 1.54) is 11.0 Å². The molecule has 2 heterocycles. The number of nitrogens with zero attached hydrogens (tertiary/aromatic N) is 1. The minimum Gasteiger partial charge on any atom is -0.348 e. The highest BCUT2D eigenvalue weighted by atomic mass is 16.2. The van der Waals surface area contributed by atoms with Gasteiger partial charge in [0, 0.05) is 17.6 Å². The van der Waals surface area contributed by atoms with Crippen molar-refractivity contribution in [3.8, 4) is 0 Å². The van der Waals surface area contributed by atoms with Crippen molar-refractivity contribution in [2.75, 3.05) is 6.54 Å². The van der Waals surface area contributed by atoms with Gasteiger partial charge in [-0.25, -0.2) is 0 Å². The molecule has 2 aliphatic rings. The molecule has 144 valence electrons. The van der Waals surface area contributed by atoms with Crippen LogP contribution < -0.4 is 10.6 Å². The number of imide groups is 1. The molecular weight excluding hydrogens is 354 g/mol. The fourth-order valence-corrected chi connectivity index (χ4v) is 3.83. The lowest BCUT2D eigenvalue weighted by Crippen LogP contribution is -2.51. The van der Waals surface area contributed by atoms with Crippen LogP contribution in [-0.2, 0) is 6.54 Å². The molecule has 0 bridgehead atoms. The van der Waals surface area contributed by atoms with Gasteiger partial charge in [-0.15, -0.1) is 0 Å². The Morgan fingerprint density at radius 3 is 2.61 bits per heavy atom. The van der Waals surface area contributed by atoms with Gasteiger partial charge in [0.2, 0.25) is 0 Å². The molecule has 6 nitrogen and oxygen atoms in total. The Bertz CT molecular complexity index is 926. The van der Waals surface area contributed by atoms with Crippen LogP contribution >= 0.6 is 0 Å². The topological polar surface area (TPSA) is 78.5 Å². The molecule has 0 saturated carbocycles. The number of amides is 3. The standard InChI is InChI=1S/C22H23N3O3/c1-14-19(8-5-11-23-14)24-20(26)16-9-10-17-18(12-16)22(28)25(21(17)27)13-15-6-3-2-4-7-15/h2-4,6-7,9-10,12,14,19,23H,5,8,11,13H2,1H3,(H,24,26). The van der Waals surface area contributed by atoms with Crippen LogP contribution in [0.3, 0.4) is 0 Å². The molecule has 4 rings (SSSR count). The summed E-state index contributed by atoms with van der Waals surface area (Å²) in [6.45, 7) is 3.23. The fraction of sp³-hybridized carbons (Fsp3) is 0.318. The number of rotatable bonds is 4. The van der Waals surface area contributed by atoms with Crippen LogP contribution in [0.5, 0.6) is 0 Å². The third kappa shape index (κ3) is 3.43. The minimum absolute atomic E-state index is 0.0569. The predicted octanol–water partition coefficient (Wildman–Crippen LogP) is 2.35. The molecule has 0 spiro atoms. The van der Waals surface area contributed by atoms with Crippen LogP contribution in [0.2, 0.25) is 0 Å². The van der Waals surface area contributed by atoms with E-state index in [0.29, 0.717) is 16.7 Å². The molecule has 0 aromatic heterocycles. The number of carbonyl (C=O) groups excluding carboxylic acids is 3. The lowest BCUT2D eigenvalue weighted by Gasteiger charge is -2.30. The molecule has 2 unspecified atom stereocenters. The molecule has 2 atom stereocenters. The quantitative estimate of drug-likeness (QED) is 0.802. The Kier molecular flexibility index (Phi) is 4.96. The van der Waals surface area contributed by atoms with Crippen LogP contribution in [0.1, 0.15) is 56.4 Å². The number of piperidine rings is 1. The Hall–Kier alpha value is -2.99. The highest BCUT2D eigenvalue weighted by Crippen LogP contribution is 2.26. The van der Waals surface area contributed by atoms with Gasteiger partial charge in [0.15, 0.2) is 0 Å². The molecular formula is C22H23N3O3. The van der Waals surface area contributed by atoms with Crippen LogP contribution in [0.4, 0.5) is 0 Å². The summed E-state index contributed by atoms with van der Waals surface area (Å²) in [5, 5.41) is 6.39. The maximum absolute atomic E-state index is 12.8. The fourth-order valence-electron chi connectivity index (χ4n) is 3.83. The number of benzene rings is 2. The van der Waals surface area contributed by atoms with Crippen molar-refractivity contribution in [3.05, 3.63) is 70.8 Å². The summed E-state index contributed by atoms with van der Waals surface area (Å²) in [4.78, 5) is 39.3. The Morgan fingerprint density at radius 2 is 1.86 bits per heavy atom. The first-order chi connectivity index (χ1) is 13.5. The summed E-state index contributed by atoms with van der Waals surface area (Å²) in [5.41, 5.74) is 1.93. The van der Waals surface area contributed by atoms with Gasteiger partial charge in [-0.05, 0) is 50.1 Å². The zero-order valence-electron chi connectivity index (χ0n) is 15.8. The van der Waals surface area contributed by atoms with E-state index in [4.69, 9.17) is 0 Å². The van der Waals surface area contributed by atoms with Crippen molar-refractivity contribution >= 4 is 17.7 Å². The second kappa shape index (κ2) is 7.56. The Morgan fingerprint density at radius 1 is 1.11 bits per heavy atom. The van der Waals surface area contributed by atoms with Gasteiger partial charge in [-0.3, -0.25) is 19.3 Å². The second-order valence-electron chi connectivity index (χ2n) is 7.41. The van der Waals surface area contributed by atoms with Crippen molar-refractivity contribution in [3.63, 3.8) is 0 Å². The summed E-state index contributed by atoms with van der Waals surface area (Å²) in [6.07, 6.45) is 1.94. The summed E-state index contributed by atoms with van der Waals surface area (Å²) < 4.78 is 0. The summed E-state index contributed by atoms with van der Waals surface area (Å²) >= 11 is 0. The molecule has 2 aliphatic heterocycles. The molecule has 1 saturated heterocycles.